The van der Waals surface area contributed by atoms with E-state index in [1.807, 2.05) is 12.1 Å². The number of fused-ring (bicyclic) bond motifs is 1. The van der Waals surface area contributed by atoms with Crippen molar-refractivity contribution in [3.05, 3.63) is 32.3 Å². The largest absolute Gasteiger partial charge is 0.486 e. The van der Waals surface area contributed by atoms with Gasteiger partial charge in [0.1, 0.15) is 22.6 Å². The molecule has 0 amide bonds. The van der Waals surface area contributed by atoms with E-state index in [9.17, 15) is 4.79 Å². The third kappa shape index (κ3) is 3.25. The molecule has 1 saturated carbocycles. The second-order valence-electron chi connectivity index (χ2n) is 5.07. The highest BCUT2D eigenvalue weighted by molar-refractivity contribution is 9.11. The summed E-state index contributed by atoms with van der Waals surface area (Å²) in [6, 6.07) is 5.58. The fourth-order valence-electron chi connectivity index (χ4n) is 2.53. The van der Waals surface area contributed by atoms with Crippen LogP contribution in [0.5, 0.6) is 5.75 Å². The standard InChI is InChI=1S/C15H12Br2ClNO2/c16-11-7-12(17)15(14-10(11)4-5-13(18)19-14)21-9-3-1-2-8(20)6-9/h4-5,7,9H,1-3,6H2. The minimum Gasteiger partial charge on any atom is -0.486 e. The highest BCUT2D eigenvalue weighted by atomic mass is 79.9. The van der Waals surface area contributed by atoms with Crippen LogP contribution in [0.25, 0.3) is 10.9 Å². The lowest BCUT2D eigenvalue weighted by Gasteiger charge is -2.23. The molecule has 0 bridgehead atoms. The normalized spacial score (nSPS) is 19.0. The van der Waals surface area contributed by atoms with E-state index < -0.39 is 0 Å². The molecule has 21 heavy (non-hydrogen) atoms. The first-order valence-corrected chi connectivity index (χ1v) is 8.63. The van der Waals surface area contributed by atoms with Crippen LogP contribution in [0.2, 0.25) is 5.15 Å². The quantitative estimate of drug-likeness (QED) is 0.603. The topological polar surface area (TPSA) is 39.2 Å². The Morgan fingerprint density at radius 3 is 2.86 bits per heavy atom. The Labute approximate surface area is 144 Å². The van der Waals surface area contributed by atoms with Crippen molar-refractivity contribution in [2.24, 2.45) is 0 Å². The van der Waals surface area contributed by atoms with Crippen molar-refractivity contribution in [1.29, 1.82) is 0 Å². The van der Waals surface area contributed by atoms with Gasteiger partial charge in [-0.3, -0.25) is 4.79 Å². The van der Waals surface area contributed by atoms with Crippen LogP contribution in [0.4, 0.5) is 0 Å². The van der Waals surface area contributed by atoms with Gasteiger partial charge in [-0.25, -0.2) is 4.98 Å². The van der Waals surface area contributed by atoms with Gasteiger partial charge < -0.3 is 4.74 Å². The van der Waals surface area contributed by atoms with Gasteiger partial charge in [0, 0.05) is 22.7 Å². The van der Waals surface area contributed by atoms with Crippen LogP contribution in [-0.4, -0.2) is 16.9 Å². The number of pyridine rings is 1. The van der Waals surface area contributed by atoms with Gasteiger partial charge in [-0.05, 0) is 47.0 Å². The van der Waals surface area contributed by atoms with Crippen LogP contribution in [-0.2, 0) is 4.79 Å². The third-order valence-electron chi connectivity index (χ3n) is 3.53. The Balaban J connectivity index is 2.04. The molecule has 1 fully saturated rings. The summed E-state index contributed by atoms with van der Waals surface area (Å²) in [5.41, 5.74) is 0.696. The summed E-state index contributed by atoms with van der Waals surface area (Å²) in [5.74, 6) is 0.908. The Kier molecular flexibility index (Phi) is 4.52. The molecule has 0 radical (unpaired) electrons. The molecule has 1 unspecified atom stereocenters. The minimum absolute atomic E-state index is 0.0901. The number of rotatable bonds is 2. The SMILES string of the molecule is O=C1CCCC(Oc2c(Br)cc(Br)c3ccc(Cl)nc23)C1. The first kappa shape index (κ1) is 15.3. The van der Waals surface area contributed by atoms with E-state index in [0.717, 1.165) is 27.2 Å². The second kappa shape index (κ2) is 6.23. The summed E-state index contributed by atoms with van der Waals surface area (Å²) in [6.07, 6.45) is 2.80. The number of nitrogens with zero attached hydrogens (tertiary/aromatic N) is 1. The zero-order valence-corrected chi connectivity index (χ0v) is 15.0. The highest BCUT2D eigenvalue weighted by Crippen LogP contribution is 2.39. The van der Waals surface area contributed by atoms with Crippen molar-refractivity contribution in [2.75, 3.05) is 0 Å². The monoisotopic (exact) mass is 431 g/mol. The maximum absolute atomic E-state index is 11.6. The summed E-state index contributed by atoms with van der Waals surface area (Å²) in [5, 5.41) is 1.34. The van der Waals surface area contributed by atoms with Crippen LogP contribution >= 0.6 is 43.5 Å². The van der Waals surface area contributed by atoms with E-state index >= 15 is 0 Å². The zero-order valence-electron chi connectivity index (χ0n) is 11.0. The van der Waals surface area contributed by atoms with Crippen LogP contribution < -0.4 is 4.74 Å². The van der Waals surface area contributed by atoms with E-state index in [-0.39, 0.29) is 11.9 Å². The number of carbonyl (C=O) groups is 1. The summed E-state index contributed by atoms with van der Waals surface area (Å²) >= 11 is 13.0. The number of Topliss-reactive ketones (excluding diaryl/α,β-unsaturated/α-hetero) is 1. The number of carbonyl (C=O) groups excluding carboxylic acids is 1. The van der Waals surface area contributed by atoms with Gasteiger partial charge in [0.05, 0.1) is 4.47 Å². The van der Waals surface area contributed by atoms with E-state index in [1.165, 1.54) is 0 Å². The molecule has 110 valence electrons. The molecule has 3 nitrogen and oxygen atoms in total. The van der Waals surface area contributed by atoms with E-state index in [2.05, 4.69) is 36.8 Å². The van der Waals surface area contributed by atoms with Crippen LogP contribution in [0.15, 0.2) is 27.1 Å². The summed E-state index contributed by atoms with van der Waals surface area (Å²) in [6.45, 7) is 0. The summed E-state index contributed by atoms with van der Waals surface area (Å²) < 4.78 is 7.79. The van der Waals surface area contributed by atoms with Gasteiger partial charge in [0.25, 0.3) is 0 Å². The Morgan fingerprint density at radius 2 is 2.10 bits per heavy atom. The summed E-state index contributed by atoms with van der Waals surface area (Å²) in [7, 11) is 0. The molecular weight excluding hydrogens is 421 g/mol. The lowest BCUT2D eigenvalue weighted by Crippen LogP contribution is -2.25. The first-order chi connectivity index (χ1) is 10.0. The molecule has 0 N–H and O–H groups in total. The molecule has 1 heterocycles. The number of hydrogen-bond acceptors (Lipinski definition) is 3. The zero-order chi connectivity index (χ0) is 15.0. The fraction of sp³-hybridized carbons (Fsp3) is 0.333. The Bertz CT molecular complexity index is 720. The van der Waals surface area contributed by atoms with Crippen molar-refractivity contribution >= 4 is 60.1 Å². The van der Waals surface area contributed by atoms with Gasteiger partial charge in [0.15, 0.2) is 5.75 Å². The smallest absolute Gasteiger partial charge is 0.160 e. The van der Waals surface area contributed by atoms with Gasteiger partial charge in [-0.2, -0.15) is 0 Å². The lowest BCUT2D eigenvalue weighted by atomic mass is 9.96. The van der Waals surface area contributed by atoms with E-state index in [1.54, 1.807) is 6.07 Å². The highest BCUT2D eigenvalue weighted by Gasteiger charge is 2.23. The fourth-order valence-corrected chi connectivity index (χ4v) is 4.05. The van der Waals surface area contributed by atoms with Crippen molar-refractivity contribution in [2.45, 2.75) is 31.8 Å². The minimum atomic E-state index is -0.0901. The van der Waals surface area contributed by atoms with E-state index in [0.29, 0.717) is 29.3 Å². The van der Waals surface area contributed by atoms with Crippen molar-refractivity contribution in [3.8, 4) is 5.75 Å². The molecule has 1 aromatic heterocycles. The summed E-state index contributed by atoms with van der Waals surface area (Å²) in [4.78, 5) is 16.0. The number of hydrogen-bond donors (Lipinski definition) is 0. The second-order valence-corrected chi connectivity index (χ2v) is 7.17. The number of benzene rings is 1. The predicted molar refractivity (Wildman–Crippen MR) is 90.0 cm³/mol. The lowest BCUT2D eigenvalue weighted by molar-refractivity contribution is -0.122. The molecule has 1 aromatic carbocycles. The van der Waals surface area contributed by atoms with Gasteiger partial charge >= 0.3 is 0 Å². The maximum atomic E-state index is 11.6. The maximum Gasteiger partial charge on any atom is 0.160 e. The molecule has 0 spiro atoms. The molecule has 0 saturated heterocycles. The Morgan fingerprint density at radius 1 is 1.29 bits per heavy atom. The van der Waals surface area contributed by atoms with Crippen LogP contribution in [0.3, 0.4) is 0 Å². The van der Waals surface area contributed by atoms with Gasteiger partial charge in [0.2, 0.25) is 0 Å². The molecule has 0 aliphatic heterocycles. The molecule has 1 aliphatic rings. The van der Waals surface area contributed by atoms with Crippen LogP contribution in [0, 0.1) is 0 Å². The number of halogens is 3. The van der Waals surface area contributed by atoms with Gasteiger partial charge in [-0.1, -0.05) is 27.5 Å². The average molecular weight is 434 g/mol. The van der Waals surface area contributed by atoms with Crippen LogP contribution in [0.1, 0.15) is 25.7 Å². The molecule has 6 heteroatoms. The average Bonchev–Trinajstić information content (AvgIpc) is 2.43. The number of ketones is 1. The number of aromatic nitrogens is 1. The molecule has 1 aliphatic carbocycles. The van der Waals surface area contributed by atoms with Crippen molar-refractivity contribution in [3.63, 3.8) is 0 Å². The van der Waals surface area contributed by atoms with Gasteiger partial charge in [-0.15, -0.1) is 0 Å². The molecule has 1 atom stereocenters. The van der Waals surface area contributed by atoms with E-state index in [4.69, 9.17) is 16.3 Å². The Hall–Kier alpha value is -0.650. The van der Waals surface area contributed by atoms with Crippen molar-refractivity contribution < 1.29 is 9.53 Å². The molecule has 3 rings (SSSR count). The predicted octanol–water partition coefficient (Wildman–Crippen LogP) is 5.30. The molecular formula is C15H12Br2ClNO2. The number of ether oxygens (including phenoxy) is 1. The van der Waals surface area contributed by atoms with Crippen molar-refractivity contribution in [1.82, 2.24) is 4.98 Å². The third-order valence-corrected chi connectivity index (χ3v) is 4.98. The molecule has 2 aromatic rings. The first-order valence-electron chi connectivity index (χ1n) is 6.67.